The van der Waals surface area contributed by atoms with Gasteiger partial charge in [-0.05, 0) is 37.9 Å². The van der Waals surface area contributed by atoms with Crippen LogP contribution in [0.4, 0.5) is 10.1 Å². The topological polar surface area (TPSA) is 15.3 Å². The van der Waals surface area contributed by atoms with Gasteiger partial charge in [0, 0.05) is 19.1 Å². The predicted octanol–water partition coefficient (Wildman–Crippen LogP) is 3.70. The average molecular weight is 264 g/mol. The van der Waals surface area contributed by atoms with Crippen LogP contribution in [0, 0.1) is 5.82 Å². The number of anilines is 1. The molecule has 1 aliphatic rings. The minimum Gasteiger partial charge on any atom is -0.366 e. The third kappa shape index (κ3) is 3.27. The predicted molar refractivity (Wildman–Crippen MR) is 79.1 cm³/mol. The molecule has 106 valence electrons. The zero-order chi connectivity index (χ0) is 13.7. The third-order valence-corrected chi connectivity index (χ3v) is 4.03. The van der Waals surface area contributed by atoms with Crippen molar-refractivity contribution in [1.82, 2.24) is 5.32 Å². The fraction of sp³-hybridized carbons (Fsp3) is 0.625. The van der Waals surface area contributed by atoms with Gasteiger partial charge in [0.1, 0.15) is 5.82 Å². The molecule has 1 saturated carbocycles. The number of rotatable bonds is 6. The van der Waals surface area contributed by atoms with Crippen LogP contribution in [0.1, 0.15) is 45.1 Å². The highest BCUT2D eigenvalue weighted by molar-refractivity contribution is 5.55. The van der Waals surface area contributed by atoms with Crippen LogP contribution in [0.5, 0.6) is 0 Å². The lowest BCUT2D eigenvalue weighted by molar-refractivity contribution is 0.571. The first-order chi connectivity index (χ1) is 9.27. The molecule has 2 rings (SSSR count). The number of hydrogen-bond donors (Lipinski definition) is 1. The molecule has 0 unspecified atom stereocenters. The van der Waals surface area contributed by atoms with Crippen LogP contribution in [0.2, 0.25) is 0 Å². The summed E-state index contributed by atoms with van der Waals surface area (Å²) >= 11 is 0. The molecule has 0 aromatic heterocycles. The van der Waals surface area contributed by atoms with Crippen molar-refractivity contribution in [2.24, 2.45) is 0 Å². The van der Waals surface area contributed by atoms with Crippen molar-refractivity contribution < 1.29 is 4.39 Å². The van der Waals surface area contributed by atoms with E-state index in [4.69, 9.17) is 0 Å². The summed E-state index contributed by atoms with van der Waals surface area (Å²) in [7, 11) is 0. The van der Waals surface area contributed by atoms with Crippen LogP contribution in [-0.2, 0) is 6.54 Å². The van der Waals surface area contributed by atoms with Gasteiger partial charge in [0.2, 0.25) is 0 Å². The molecule has 2 nitrogen and oxygen atoms in total. The van der Waals surface area contributed by atoms with E-state index in [0.29, 0.717) is 6.04 Å². The van der Waals surface area contributed by atoms with Gasteiger partial charge in [-0.3, -0.25) is 0 Å². The molecule has 0 atom stereocenters. The van der Waals surface area contributed by atoms with Gasteiger partial charge < -0.3 is 10.2 Å². The Hall–Kier alpha value is -1.09. The lowest BCUT2D eigenvalue weighted by Gasteiger charge is -2.32. The molecular weight excluding hydrogens is 239 g/mol. The van der Waals surface area contributed by atoms with E-state index in [9.17, 15) is 4.39 Å². The van der Waals surface area contributed by atoms with Crippen molar-refractivity contribution >= 4 is 5.69 Å². The van der Waals surface area contributed by atoms with Gasteiger partial charge in [0.15, 0.2) is 0 Å². The van der Waals surface area contributed by atoms with Gasteiger partial charge in [-0.1, -0.05) is 31.9 Å². The number of hydrogen-bond acceptors (Lipinski definition) is 2. The molecule has 0 radical (unpaired) electrons. The second-order valence-electron chi connectivity index (χ2n) is 5.25. The van der Waals surface area contributed by atoms with Crippen molar-refractivity contribution in [1.29, 1.82) is 0 Å². The molecule has 0 spiro atoms. The van der Waals surface area contributed by atoms with E-state index in [0.717, 1.165) is 30.9 Å². The van der Waals surface area contributed by atoms with Crippen molar-refractivity contribution in [3.05, 3.63) is 29.6 Å². The van der Waals surface area contributed by atoms with E-state index < -0.39 is 0 Å². The fourth-order valence-electron chi connectivity index (χ4n) is 3.10. The normalized spacial score (nSPS) is 15.9. The Kier molecular flexibility index (Phi) is 5.20. The first-order valence-electron chi connectivity index (χ1n) is 7.52. The van der Waals surface area contributed by atoms with E-state index in [-0.39, 0.29) is 5.82 Å². The Morgan fingerprint density at radius 3 is 2.63 bits per heavy atom. The Bertz CT molecular complexity index is 400. The smallest absolute Gasteiger partial charge is 0.146 e. The van der Waals surface area contributed by atoms with E-state index in [1.54, 1.807) is 6.07 Å². The zero-order valence-electron chi connectivity index (χ0n) is 12.1. The second kappa shape index (κ2) is 6.90. The van der Waals surface area contributed by atoms with Crippen LogP contribution in [-0.4, -0.2) is 19.1 Å². The minimum absolute atomic E-state index is 0.0795. The molecule has 1 aromatic rings. The van der Waals surface area contributed by atoms with E-state index >= 15 is 0 Å². The molecule has 0 heterocycles. The van der Waals surface area contributed by atoms with Crippen LogP contribution in [0.3, 0.4) is 0 Å². The quantitative estimate of drug-likeness (QED) is 0.842. The van der Waals surface area contributed by atoms with Gasteiger partial charge in [0.05, 0.1) is 5.69 Å². The zero-order valence-corrected chi connectivity index (χ0v) is 12.1. The first kappa shape index (κ1) is 14.3. The van der Waals surface area contributed by atoms with Crippen molar-refractivity contribution in [2.75, 3.05) is 18.0 Å². The van der Waals surface area contributed by atoms with Crippen LogP contribution >= 0.6 is 0 Å². The molecule has 19 heavy (non-hydrogen) atoms. The molecule has 1 aliphatic carbocycles. The second-order valence-corrected chi connectivity index (χ2v) is 5.25. The third-order valence-electron chi connectivity index (χ3n) is 4.03. The molecule has 3 heteroatoms. The largest absolute Gasteiger partial charge is 0.366 e. The van der Waals surface area contributed by atoms with E-state index in [2.05, 4.69) is 24.1 Å². The van der Waals surface area contributed by atoms with E-state index in [1.807, 2.05) is 12.1 Å². The SMILES string of the molecule is CCNCc1cccc(F)c1N(CC)C1CCCC1. The van der Waals surface area contributed by atoms with Gasteiger partial charge in [-0.2, -0.15) is 0 Å². The summed E-state index contributed by atoms with van der Waals surface area (Å²) < 4.78 is 14.3. The minimum atomic E-state index is -0.0795. The lowest BCUT2D eigenvalue weighted by atomic mass is 10.1. The van der Waals surface area contributed by atoms with Crippen LogP contribution in [0.25, 0.3) is 0 Å². The molecule has 1 aromatic carbocycles. The average Bonchev–Trinajstić information content (AvgIpc) is 2.93. The summed E-state index contributed by atoms with van der Waals surface area (Å²) in [5, 5.41) is 3.31. The lowest BCUT2D eigenvalue weighted by Crippen LogP contribution is -2.35. The number of halogens is 1. The molecule has 1 fully saturated rings. The van der Waals surface area contributed by atoms with E-state index in [1.165, 1.54) is 25.7 Å². The number of nitrogens with zero attached hydrogens (tertiary/aromatic N) is 1. The summed E-state index contributed by atoms with van der Waals surface area (Å²) in [6.45, 7) is 6.73. The van der Waals surface area contributed by atoms with Crippen molar-refractivity contribution in [3.63, 3.8) is 0 Å². The van der Waals surface area contributed by atoms with Crippen LogP contribution in [0.15, 0.2) is 18.2 Å². The molecule has 0 bridgehead atoms. The summed E-state index contributed by atoms with van der Waals surface area (Å²) in [4.78, 5) is 2.27. The molecular formula is C16H25FN2. The summed E-state index contributed by atoms with van der Waals surface area (Å²) in [5.74, 6) is -0.0795. The van der Waals surface area contributed by atoms with Crippen LogP contribution < -0.4 is 10.2 Å². The summed E-state index contributed by atoms with van der Waals surface area (Å²) in [6.07, 6.45) is 4.95. The Balaban J connectivity index is 2.28. The van der Waals surface area contributed by atoms with Gasteiger partial charge in [-0.25, -0.2) is 4.39 Å². The number of para-hydroxylation sites is 1. The summed E-state index contributed by atoms with van der Waals surface area (Å²) in [6, 6.07) is 5.96. The van der Waals surface area contributed by atoms with Crippen molar-refractivity contribution in [3.8, 4) is 0 Å². The van der Waals surface area contributed by atoms with Crippen molar-refractivity contribution in [2.45, 2.75) is 52.1 Å². The molecule has 0 aliphatic heterocycles. The highest BCUT2D eigenvalue weighted by Gasteiger charge is 2.25. The number of benzene rings is 1. The molecule has 0 amide bonds. The Morgan fingerprint density at radius 1 is 1.26 bits per heavy atom. The van der Waals surface area contributed by atoms with Gasteiger partial charge in [0.25, 0.3) is 0 Å². The summed E-state index contributed by atoms with van der Waals surface area (Å²) in [5.41, 5.74) is 1.90. The Labute approximate surface area is 116 Å². The van der Waals surface area contributed by atoms with Gasteiger partial charge >= 0.3 is 0 Å². The maximum absolute atomic E-state index is 14.3. The highest BCUT2D eigenvalue weighted by atomic mass is 19.1. The fourth-order valence-corrected chi connectivity index (χ4v) is 3.10. The standard InChI is InChI=1S/C16H25FN2/c1-3-18-12-13-8-7-11-15(17)16(13)19(4-2)14-9-5-6-10-14/h7-8,11,14,18H,3-6,9-10,12H2,1-2H3. The van der Waals surface area contributed by atoms with Gasteiger partial charge in [-0.15, -0.1) is 0 Å². The highest BCUT2D eigenvalue weighted by Crippen LogP contribution is 2.32. The maximum atomic E-state index is 14.3. The molecule has 0 saturated heterocycles. The first-order valence-corrected chi connectivity index (χ1v) is 7.52. The monoisotopic (exact) mass is 264 g/mol. The number of nitrogens with one attached hydrogen (secondary N) is 1. The maximum Gasteiger partial charge on any atom is 0.146 e. The molecule has 1 N–H and O–H groups in total. The Morgan fingerprint density at radius 2 is 2.00 bits per heavy atom.